The number of anilines is 1. The first kappa shape index (κ1) is 9.16. The van der Waals surface area contributed by atoms with Crippen LogP contribution in [0.2, 0.25) is 5.02 Å². The lowest BCUT2D eigenvalue weighted by Gasteiger charge is -2.06. The van der Waals surface area contributed by atoms with Crippen molar-refractivity contribution in [2.45, 2.75) is 0 Å². The van der Waals surface area contributed by atoms with E-state index in [0.29, 0.717) is 29.6 Å². The zero-order valence-electron chi connectivity index (χ0n) is 6.59. The lowest BCUT2D eigenvalue weighted by molar-refractivity contribution is 0.328. The van der Waals surface area contributed by atoms with Gasteiger partial charge in [-0.3, -0.25) is 0 Å². The fourth-order valence-electron chi connectivity index (χ4n) is 0.799. The van der Waals surface area contributed by atoms with Gasteiger partial charge in [0.2, 0.25) is 0 Å². The molecule has 3 nitrogen and oxygen atoms in total. The molecule has 0 unspecified atom stereocenters. The fourth-order valence-corrected chi connectivity index (χ4v) is 0.972. The van der Waals surface area contributed by atoms with E-state index in [1.807, 2.05) is 0 Å². The molecule has 1 aromatic carbocycles. The predicted molar refractivity (Wildman–Crippen MR) is 50.4 cm³/mol. The summed E-state index contributed by atoms with van der Waals surface area (Å²) in [7, 11) is 0. The van der Waals surface area contributed by atoms with E-state index < -0.39 is 0 Å². The minimum absolute atomic E-state index is 0.448. The van der Waals surface area contributed by atoms with E-state index in [1.54, 1.807) is 18.2 Å². The molecule has 0 aliphatic heterocycles. The highest BCUT2D eigenvalue weighted by atomic mass is 35.5. The van der Waals surface area contributed by atoms with E-state index in [9.17, 15) is 0 Å². The van der Waals surface area contributed by atoms with Gasteiger partial charge in [0, 0.05) is 18.3 Å². The second kappa shape index (κ2) is 4.18. The maximum Gasteiger partial charge on any atom is 0.140 e. The van der Waals surface area contributed by atoms with Crippen LogP contribution in [0, 0.1) is 0 Å². The molecule has 4 heteroatoms. The van der Waals surface area contributed by atoms with E-state index in [-0.39, 0.29) is 0 Å². The third kappa shape index (κ3) is 2.29. The van der Waals surface area contributed by atoms with Gasteiger partial charge in [0.15, 0.2) is 0 Å². The Labute approximate surface area is 76.3 Å². The Morgan fingerprint density at radius 3 is 2.83 bits per heavy atom. The van der Waals surface area contributed by atoms with Crippen LogP contribution in [0.4, 0.5) is 5.69 Å². The van der Waals surface area contributed by atoms with Crippen molar-refractivity contribution in [3.05, 3.63) is 23.2 Å². The Hall–Kier alpha value is -0.930. The maximum atomic E-state index is 5.81. The summed E-state index contributed by atoms with van der Waals surface area (Å²) in [5, 5.41) is 0.553. The summed E-state index contributed by atoms with van der Waals surface area (Å²) in [6.07, 6.45) is 0. The van der Waals surface area contributed by atoms with Crippen LogP contribution in [-0.4, -0.2) is 13.2 Å². The number of nitrogens with two attached hydrogens (primary N) is 2. The predicted octanol–water partition coefficient (Wildman–Crippen LogP) is 1.26. The van der Waals surface area contributed by atoms with Crippen LogP contribution >= 0.6 is 11.6 Å². The van der Waals surface area contributed by atoms with E-state index in [4.69, 9.17) is 27.8 Å². The Morgan fingerprint density at radius 2 is 2.17 bits per heavy atom. The summed E-state index contributed by atoms with van der Waals surface area (Å²) >= 11 is 5.81. The van der Waals surface area contributed by atoms with Gasteiger partial charge in [0.25, 0.3) is 0 Å². The highest BCUT2D eigenvalue weighted by Crippen LogP contribution is 2.26. The SMILES string of the molecule is NCCOc1cc(N)ccc1Cl. The molecule has 0 bridgehead atoms. The molecule has 0 heterocycles. The molecule has 0 radical (unpaired) electrons. The van der Waals surface area contributed by atoms with Gasteiger partial charge in [-0.15, -0.1) is 0 Å². The maximum absolute atomic E-state index is 5.81. The number of hydrogen-bond donors (Lipinski definition) is 2. The van der Waals surface area contributed by atoms with E-state index in [0.717, 1.165) is 0 Å². The van der Waals surface area contributed by atoms with Crippen LogP contribution in [0.25, 0.3) is 0 Å². The summed E-state index contributed by atoms with van der Waals surface area (Å²) in [5.41, 5.74) is 11.4. The standard InChI is InChI=1S/C8H11ClN2O/c9-7-2-1-6(11)5-8(7)12-4-3-10/h1-2,5H,3-4,10-11H2. The van der Waals surface area contributed by atoms with Gasteiger partial charge < -0.3 is 16.2 Å². The van der Waals surface area contributed by atoms with E-state index in [2.05, 4.69) is 0 Å². The Morgan fingerprint density at radius 1 is 1.42 bits per heavy atom. The summed E-state index contributed by atoms with van der Waals surface area (Å²) in [4.78, 5) is 0. The molecule has 0 saturated carbocycles. The molecule has 0 aliphatic carbocycles. The first-order chi connectivity index (χ1) is 5.74. The molecular formula is C8H11ClN2O. The first-order valence-electron chi connectivity index (χ1n) is 3.62. The molecular weight excluding hydrogens is 176 g/mol. The topological polar surface area (TPSA) is 61.3 Å². The fraction of sp³-hybridized carbons (Fsp3) is 0.250. The molecule has 0 amide bonds. The minimum atomic E-state index is 0.448. The quantitative estimate of drug-likeness (QED) is 0.699. The van der Waals surface area contributed by atoms with Gasteiger partial charge in [-0.1, -0.05) is 11.6 Å². The van der Waals surface area contributed by atoms with Gasteiger partial charge in [0.1, 0.15) is 12.4 Å². The molecule has 0 spiro atoms. The number of nitrogen functional groups attached to an aromatic ring is 1. The summed E-state index contributed by atoms with van der Waals surface area (Å²) in [5.74, 6) is 0.585. The Kier molecular flexibility index (Phi) is 3.19. The van der Waals surface area contributed by atoms with Gasteiger partial charge in [-0.2, -0.15) is 0 Å². The average molecular weight is 187 g/mol. The number of ether oxygens (including phenoxy) is 1. The number of benzene rings is 1. The Balaban J connectivity index is 2.75. The van der Waals surface area contributed by atoms with E-state index >= 15 is 0 Å². The third-order valence-corrected chi connectivity index (χ3v) is 1.64. The van der Waals surface area contributed by atoms with Gasteiger partial charge in [-0.05, 0) is 12.1 Å². The third-order valence-electron chi connectivity index (χ3n) is 1.33. The molecule has 0 atom stereocenters. The smallest absolute Gasteiger partial charge is 0.140 e. The number of hydrogen-bond acceptors (Lipinski definition) is 3. The zero-order valence-corrected chi connectivity index (χ0v) is 7.34. The molecule has 1 rings (SSSR count). The van der Waals surface area contributed by atoms with Crippen molar-refractivity contribution in [1.82, 2.24) is 0 Å². The molecule has 0 saturated heterocycles. The van der Waals surface area contributed by atoms with Gasteiger partial charge in [-0.25, -0.2) is 0 Å². The van der Waals surface area contributed by atoms with Crippen molar-refractivity contribution in [3.8, 4) is 5.75 Å². The molecule has 12 heavy (non-hydrogen) atoms. The minimum Gasteiger partial charge on any atom is -0.491 e. The van der Waals surface area contributed by atoms with Crippen molar-refractivity contribution < 1.29 is 4.74 Å². The molecule has 0 fully saturated rings. The lowest BCUT2D eigenvalue weighted by Crippen LogP contribution is -2.10. The summed E-state index contributed by atoms with van der Waals surface area (Å²) in [6.45, 7) is 0.911. The number of rotatable bonds is 3. The van der Waals surface area contributed by atoms with Crippen LogP contribution in [0.15, 0.2) is 18.2 Å². The van der Waals surface area contributed by atoms with Crippen molar-refractivity contribution >= 4 is 17.3 Å². The van der Waals surface area contributed by atoms with Gasteiger partial charge in [0.05, 0.1) is 5.02 Å². The van der Waals surface area contributed by atoms with Gasteiger partial charge >= 0.3 is 0 Å². The van der Waals surface area contributed by atoms with Crippen LogP contribution < -0.4 is 16.2 Å². The molecule has 66 valence electrons. The lowest BCUT2D eigenvalue weighted by atomic mass is 10.3. The van der Waals surface area contributed by atoms with Crippen molar-refractivity contribution in [2.75, 3.05) is 18.9 Å². The highest BCUT2D eigenvalue weighted by Gasteiger charge is 2.00. The second-order valence-electron chi connectivity index (χ2n) is 2.33. The molecule has 0 aliphatic rings. The van der Waals surface area contributed by atoms with Crippen molar-refractivity contribution in [3.63, 3.8) is 0 Å². The second-order valence-corrected chi connectivity index (χ2v) is 2.73. The first-order valence-corrected chi connectivity index (χ1v) is 3.99. The number of halogens is 1. The van der Waals surface area contributed by atoms with Crippen molar-refractivity contribution in [2.24, 2.45) is 5.73 Å². The average Bonchev–Trinajstić information content (AvgIpc) is 2.07. The van der Waals surface area contributed by atoms with Crippen LogP contribution in [-0.2, 0) is 0 Å². The highest BCUT2D eigenvalue weighted by molar-refractivity contribution is 6.32. The summed E-state index contributed by atoms with van der Waals surface area (Å²) < 4.78 is 5.23. The molecule has 1 aromatic rings. The summed E-state index contributed by atoms with van der Waals surface area (Å²) in [6, 6.07) is 5.10. The van der Waals surface area contributed by atoms with E-state index in [1.165, 1.54) is 0 Å². The normalized spacial score (nSPS) is 9.83. The molecule has 4 N–H and O–H groups in total. The largest absolute Gasteiger partial charge is 0.491 e. The van der Waals surface area contributed by atoms with Crippen LogP contribution in [0.1, 0.15) is 0 Å². The van der Waals surface area contributed by atoms with Crippen molar-refractivity contribution in [1.29, 1.82) is 0 Å². The van der Waals surface area contributed by atoms with Crippen LogP contribution in [0.3, 0.4) is 0 Å². The Bertz CT molecular complexity index is 265. The van der Waals surface area contributed by atoms with Crippen LogP contribution in [0.5, 0.6) is 5.75 Å². The monoisotopic (exact) mass is 186 g/mol. The molecule has 0 aromatic heterocycles. The zero-order chi connectivity index (χ0) is 8.97.